The molecule has 9 heteroatoms. The second kappa shape index (κ2) is 10.4. The maximum absolute atomic E-state index is 13.5. The summed E-state index contributed by atoms with van der Waals surface area (Å²) in [4.78, 5) is 27.9. The Bertz CT molecular complexity index is 1710. The van der Waals surface area contributed by atoms with Crippen molar-refractivity contribution in [1.82, 2.24) is 24.8 Å². The van der Waals surface area contributed by atoms with Crippen LogP contribution in [0.5, 0.6) is 0 Å². The van der Waals surface area contributed by atoms with E-state index in [-0.39, 0.29) is 5.56 Å². The smallest absolute Gasteiger partial charge is 0.260 e. The van der Waals surface area contributed by atoms with Gasteiger partial charge in [0.1, 0.15) is 5.65 Å². The molecule has 2 aromatic carbocycles. The molecule has 6 rings (SSSR count). The van der Waals surface area contributed by atoms with Crippen LogP contribution < -0.4 is 16.2 Å². The molecule has 0 spiro atoms. The molecule has 0 radical (unpaired) electrons. The number of anilines is 2. The highest BCUT2D eigenvalue weighted by Gasteiger charge is 2.16. The number of hydrogen-bond donors (Lipinski definition) is 2. The Morgan fingerprint density at radius 2 is 1.92 bits per heavy atom. The quantitative estimate of drug-likeness (QED) is 0.248. The minimum Gasteiger partial charge on any atom is -0.391 e. The van der Waals surface area contributed by atoms with Gasteiger partial charge in [-0.05, 0) is 60.7 Å². The largest absolute Gasteiger partial charge is 0.391 e. The number of aryl methyl sites for hydroxylation is 1. The molecule has 0 saturated carbocycles. The molecular weight excluding hydrogens is 516 g/mol. The van der Waals surface area contributed by atoms with E-state index < -0.39 is 0 Å². The lowest BCUT2D eigenvalue weighted by Crippen LogP contribution is -2.22. The molecule has 0 amide bonds. The second-order valence-electron chi connectivity index (χ2n) is 9.07. The zero-order chi connectivity index (χ0) is 26.1. The Hall–Kier alpha value is -4.01. The number of nitrogens with one attached hydrogen (secondary N) is 2. The van der Waals surface area contributed by atoms with Crippen LogP contribution in [-0.4, -0.2) is 26.1 Å². The van der Waals surface area contributed by atoms with Gasteiger partial charge in [-0.15, -0.1) is 11.3 Å². The molecular formula is C29H25ClN6OS. The Kier molecular flexibility index (Phi) is 6.66. The van der Waals surface area contributed by atoms with Gasteiger partial charge in [-0.3, -0.25) is 14.3 Å². The highest BCUT2D eigenvalue weighted by atomic mass is 35.5. The molecule has 5 aromatic rings. The maximum atomic E-state index is 13.5. The number of nitrogens with zero attached hydrogens (tertiary/aromatic N) is 4. The highest BCUT2D eigenvalue weighted by Crippen LogP contribution is 2.33. The van der Waals surface area contributed by atoms with E-state index in [0.717, 1.165) is 40.9 Å². The van der Waals surface area contributed by atoms with Crippen molar-refractivity contribution in [3.8, 4) is 21.6 Å². The Balaban J connectivity index is 1.32. The average Bonchev–Trinajstić information content (AvgIpc) is 3.49. The summed E-state index contributed by atoms with van der Waals surface area (Å²) in [5.74, 6) is 0.435. The maximum Gasteiger partial charge on any atom is 0.260 e. The topological polar surface area (TPSA) is 84.7 Å². The Morgan fingerprint density at radius 1 is 1.08 bits per heavy atom. The van der Waals surface area contributed by atoms with Crippen LogP contribution in [0.15, 0.2) is 77.4 Å². The van der Waals surface area contributed by atoms with Gasteiger partial charge < -0.3 is 10.6 Å². The summed E-state index contributed by atoms with van der Waals surface area (Å²) in [6.45, 7) is 3.43. The number of hydrogen-bond acceptors (Lipinski definition) is 7. The van der Waals surface area contributed by atoms with Crippen LogP contribution in [0.2, 0.25) is 5.02 Å². The molecule has 2 N–H and O–H groups in total. The van der Waals surface area contributed by atoms with Crippen LogP contribution in [0.25, 0.3) is 38.2 Å². The summed E-state index contributed by atoms with van der Waals surface area (Å²) < 4.78 is 1.66. The minimum absolute atomic E-state index is 0.143. The molecule has 38 heavy (non-hydrogen) atoms. The molecule has 7 nitrogen and oxygen atoms in total. The van der Waals surface area contributed by atoms with E-state index >= 15 is 0 Å². The van der Waals surface area contributed by atoms with Gasteiger partial charge in [0.25, 0.3) is 5.56 Å². The van der Waals surface area contributed by atoms with Crippen LogP contribution in [0.3, 0.4) is 0 Å². The molecule has 4 heterocycles. The first-order valence-electron chi connectivity index (χ1n) is 12.5. The van der Waals surface area contributed by atoms with E-state index in [1.165, 1.54) is 11.1 Å². The van der Waals surface area contributed by atoms with Gasteiger partial charge >= 0.3 is 0 Å². The van der Waals surface area contributed by atoms with Crippen molar-refractivity contribution in [1.29, 1.82) is 0 Å². The normalized spacial score (nSPS) is 13.3. The Labute approximate surface area is 228 Å². The first-order valence-corrected chi connectivity index (χ1v) is 13.8. The van der Waals surface area contributed by atoms with Crippen molar-refractivity contribution < 1.29 is 0 Å². The van der Waals surface area contributed by atoms with Crippen LogP contribution in [0.1, 0.15) is 25.3 Å². The number of thiazole rings is 1. The molecule has 0 unspecified atom stereocenters. The average molecular weight is 541 g/mol. The molecule has 190 valence electrons. The molecule has 3 aromatic heterocycles. The van der Waals surface area contributed by atoms with Gasteiger partial charge in [0, 0.05) is 58.9 Å². The van der Waals surface area contributed by atoms with Crippen LogP contribution in [-0.2, 0) is 6.54 Å². The van der Waals surface area contributed by atoms with Crippen LogP contribution in [0.4, 0.5) is 11.6 Å². The molecule has 0 fully saturated rings. The predicted molar refractivity (Wildman–Crippen MR) is 156 cm³/mol. The van der Waals surface area contributed by atoms with Gasteiger partial charge in [-0.1, -0.05) is 35.9 Å². The summed E-state index contributed by atoms with van der Waals surface area (Å²) in [5.41, 5.74) is 7.78. The van der Waals surface area contributed by atoms with Crippen molar-refractivity contribution in [3.63, 3.8) is 0 Å². The highest BCUT2D eigenvalue weighted by molar-refractivity contribution is 7.13. The zero-order valence-corrected chi connectivity index (χ0v) is 22.3. The van der Waals surface area contributed by atoms with E-state index in [1.54, 1.807) is 33.8 Å². The second-order valence-corrected chi connectivity index (χ2v) is 10.4. The fourth-order valence-electron chi connectivity index (χ4n) is 4.72. The van der Waals surface area contributed by atoms with Gasteiger partial charge in [0.2, 0.25) is 5.95 Å². The van der Waals surface area contributed by atoms with E-state index in [2.05, 4.69) is 38.9 Å². The molecule has 0 atom stereocenters. The van der Waals surface area contributed by atoms with Gasteiger partial charge in [-0.25, -0.2) is 4.98 Å². The van der Waals surface area contributed by atoms with Crippen molar-refractivity contribution >= 4 is 51.2 Å². The number of aromatic nitrogens is 4. The number of allylic oxidation sites excluding steroid dienone is 1. The van der Waals surface area contributed by atoms with E-state index in [1.807, 2.05) is 43.3 Å². The van der Waals surface area contributed by atoms with Crippen molar-refractivity contribution in [2.45, 2.75) is 26.3 Å². The van der Waals surface area contributed by atoms with Gasteiger partial charge in [0.05, 0.1) is 10.4 Å². The minimum atomic E-state index is -0.143. The van der Waals surface area contributed by atoms with E-state index in [4.69, 9.17) is 16.6 Å². The summed E-state index contributed by atoms with van der Waals surface area (Å²) in [6, 6.07) is 15.8. The third-order valence-corrected chi connectivity index (χ3v) is 7.81. The molecule has 1 aliphatic rings. The SMILES string of the molecule is CCn1c(=O)c(-c2ccc(-c3cncs3)cc2Cl)cc2cnc(Nc3ccc(C4=CNCCC4)cc3)nc21. The predicted octanol–water partition coefficient (Wildman–Crippen LogP) is 6.72. The van der Waals surface area contributed by atoms with Crippen molar-refractivity contribution in [3.05, 3.63) is 93.6 Å². The first-order chi connectivity index (χ1) is 18.6. The first kappa shape index (κ1) is 24.3. The summed E-state index contributed by atoms with van der Waals surface area (Å²) >= 11 is 8.21. The fraction of sp³-hybridized carbons (Fsp3) is 0.172. The van der Waals surface area contributed by atoms with Crippen molar-refractivity contribution in [2.75, 3.05) is 11.9 Å². The molecule has 0 saturated heterocycles. The van der Waals surface area contributed by atoms with E-state index in [9.17, 15) is 4.79 Å². The van der Waals surface area contributed by atoms with E-state index in [0.29, 0.717) is 34.3 Å². The number of pyridine rings is 1. The lowest BCUT2D eigenvalue weighted by Gasteiger charge is -2.15. The lowest BCUT2D eigenvalue weighted by molar-refractivity contribution is 0.740. The number of benzene rings is 2. The van der Waals surface area contributed by atoms with Gasteiger partial charge in [-0.2, -0.15) is 4.98 Å². The monoisotopic (exact) mass is 540 g/mol. The Morgan fingerprint density at radius 3 is 2.63 bits per heavy atom. The number of rotatable bonds is 6. The number of fused-ring (bicyclic) bond motifs is 1. The molecule has 0 aliphatic carbocycles. The third-order valence-electron chi connectivity index (χ3n) is 6.67. The summed E-state index contributed by atoms with van der Waals surface area (Å²) in [6.07, 6.45) is 7.86. The zero-order valence-electron chi connectivity index (χ0n) is 20.7. The fourth-order valence-corrected chi connectivity index (χ4v) is 5.63. The number of halogens is 1. The third kappa shape index (κ3) is 4.68. The van der Waals surface area contributed by atoms with Crippen LogP contribution in [0, 0.1) is 0 Å². The molecule has 1 aliphatic heterocycles. The summed E-state index contributed by atoms with van der Waals surface area (Å²) in [7, 11) is 0. The van der Waals surface area contributed by atoms with Gasteiger partial charge in [0.15, 0.2) is 0 Å². The van der Waals surface area contributed by atoms with Crippen LogP contribution >= 0.6 is 22.9 Å². The summed E-state index contributed by atoms with van der Waals surface area (Å²) in [5, 5.41) is 7.86. The standard InChI is InChI=1S/C29H25ClN6OS/c1-2-36-27-21(12-24(28(36)37)23-10-7-19(13-25(23)30)26-16-32-17-38-26)15-33-29(35-27)34-22-8-5-18(6-9-22)20-4-3-11-31-14-20/h5-10,12-17,31H,2-4,11H2,1H3,(H,33,34,35). The van der Waals surface area contributed by atoms with Crippen molar-refractivity contribution in [2.24, 2.45) is 0 Å². The lowest BCUT2D eigenvalue weighted by atomic mass is 10.00. The molecule has 0 bridgehead atoms.